The number of phenols is 1. The molecule has 184 valence electrons. The Morgan fingerprint density at radius 2 is 1.66 bits per heavy atom. The van der Waals surface area contributed by atoms with Gasteiger partial charge in [-0.1, -0.05) is 48.5 Å². The van der Waals surface area contributed by atoms with Crippen LogP contribution in [0.1, 0.15) is 59.8 Å². The molecule has 0 radical (unpaired) electrons. The lowest BCUT2D eigenvalue weighted by molar-refractivity contribution is 0.232. The molecule has 1 saturated heterocycles. The first kappa shape index (κ1) is 23.9. The largest absolute Gasteiger partial charge is 0.508 e. The van der Waals surface area contributed by atoms with E-state index in [4.69, 9.17) is 4.74 Å². The van der Waals surface area contributed by atoms with Crippen molar-refractivity contribution in [3.63, 3.8) is 0 Å². The van der Waals surface area contributed by atoms with Crippen molar-refractivity contribution in [2.24, 2.45) is 0 Å². The first-order valence-electron chi connectivity index (χ1n) is 13.3. The quantitative estimate of drug-likeness (QED) is 0.393. The fourth-order valence-corrected chi connectivity index (χ4v) is 5.79. The minimum absolute atomic E-state index is 0.279. The summed E-state index contributed by atoms with van der Waals surface area (Å²) >= 11 is 0. The number of benzene rings is 3. The molecule has 0 unspecified atom stereocenters. The van der Waals surface area contributed by atoms with Crippen LogP contribution < -0.4 is 10.1 Å². The number of fused-ring (bicyclic) bond motifs is 1. The highest BCUT2D eigenvalue weighted by molar-refractivity contribution is 5.48. The summed E-state index contributed by atoms with van der Waals surface area (Å²) in [6.45, 7) is 6.60. The molecule has 0 saturated carbocycles. The number of ether oxygens (including phenoxy) is 1. The molecule has 4 heteroatoms. The highest BCUT2D eigenvalue weighted by atomic mass is 16.5. The van der Waals surface area contributed by atoms with Crippen LogP contribution in [-0.4, -0.2) is 49.3 Å². The van der Waals surface area contributed by atoms with Crippen LogP contribution in [0.3, 0.4) is 0 Å². The van der Waals surface area contributed by atoms with Gasteiger partial charge in [-0.2, -0.15) is 0 Å². The van der Waals surface area contributed by atoms with Crippen molar-refractivity contribution in [2.45, 2.75) is 43.9 Å². The Morgan fingerprint density at radius 1 is 0.857 bits per heavy atom. The molecule has 2 N–H and O–H groups in total. The van der Waals surface area contributed by atoms with Gasteiger partial charge in [0.25, 0.3) is 0 Å². The first-order valence-corrected chi connectivity index (χ1v) is 13.3. The standard InChI is InChI=1S/C31H38N2O2/c34-27-12-16-30-26(23-27)11-15-29(24-7-3-1-4-8-24)31(30)25-9-13-28(14-10-25)35-22-6-2-5-19-33-20-17-32-18-21-33/h1,3-4,7-10,12-14,16,23,29,31-32,34H,2,5-6,11,15,17-22H2/t29-,31+/m1/s1. The maximum absolute atomic E-state index is 10.0. The van der Waals surface area contributed by atoms with Crippen LogP contribution in [0.15, 0.2) is 72.8 Å². The van der Waals surface area contributed by atoms with E-state index >= 15 is 0 Å². The molecule has 0 bridgehead atoms. The Morgan fingerprint density at radius 3 is 2.46 bits per heavy atom. The molecular weight excluding hydrogens is 432 g/mol. The number of aromatic hydroxyl groups is 1. The lowest BCUT2D eigenvalue weighted by Gasteiger charge is -2.34. The number of nitrogens with zero attached hydrogens (tertiary/aromatic N) is 1. The van der Waals surface area contributed by atoms with Crippen LogP contribution in [0, 0.1) is 0 Å². The van der Waals surface area contributed by atoms with E-state index in [-0.39, 0.29) is 5.92 Å². The van der Waals surface area contributed by atoms with Crippen LogP contribution >= 0.6 is 0 Å². The van der Waals surface area contributed by atoms with Crippen LogP contribution in [0.2, 0.25) is 0 Å². The van der Waals surface area contributed by atoms with Gasteiger partial charge in [0.15, 0.2) is 0 Å². The Hall–Kier alpha value is -2.82. The maximum atomic E-state index is 10.0. The molecule has 1 heterocycles. The van der Waals surface area contributed by atoms with E-state index in [1.54, 1.807) is 0 Å². The lowest BCUT2D eigenvalue weighted by atomic mass is 9.69. The molecule has 0 aromatic heterocycles. The van der Waals surface area contributed by atoms with Crippen LogP contribution in [-0.2, 0) is 6.42 Å². The molecule has 3 aromatic carbocycles. The molecule has 1 fully saturated rings. The smallest absolute Gasteiger partial charge is 0.119 e. The number of hydrogen-bond donors (Lipinski definition) is 2. The molecular formula is C31H38N2O2. The van der Waals surface area contributed by atoms with Crippen molar-refractivity contribution in [3.8, 4) is 11.5 Å². The third-order valence-corrected chi connectivity index (χ3v) is 7.65. The van der Waals surface area contributed by atoms with Gasteiger partial charge < -0.3 is 20.1 Å². The second-order valence-electron chi connectivity index (χ2n) is 9.99. The van der Waals surface area contributed by atoms with Crippen LogP contribution in [0.5, 0.6) is 11.5 Å². The number of phenolic OH excluding ortho intramolecular Hbond substituents is 1. The van der Waals surface area contributed by atoms with Gasteiger partial charge in [-0.3, -0.25) is 0 Å². The summed E-state index contributed by atoms with van der Waals surface area (Å²) in [5, 5.41) is 13.5. The summed E-state index contributed by atoms with van der Waals surface area (Å²) in [6.07, 6.45) is 5.64. The fraction of sp³-hybridized carbons (Fsp3) is 0.419. The third-order valence-electron chi connectivity index (χ3n) is 7.65. The Balaban J connectivity index is 1.21. The van der Waals surface area contributed by atoms with Gasteiger partial charge in [0.2, 0.25) is 0 Å². The van der Waals surface area contributed by atoms with E-state index in [0.29, 0.717) is 11.7 Å². The second-order valence-corrected chi connectivity index (χ2v) is 9.99. The van der Waals surface area contributed by atoms with Gasteiger partial charge in [0.05, 0.1) is 6.61 Å². The van der Waals surface area contributed by atoms with Gasteiger partial charge >= 0.3 is 0 Å². The molecule has 1 aliphatic carbocycles. The number of unbranched alkanes of at least 4 members (excludes halogenated alkanes) is 2. The van der Waals surface area contributed by atoms with Crippen LogP contribution in [0.25, 0.3) is 0 Å². The zero-order valence-electron chi connectivity index (χ0n) is 20.7. The van der Waals surface area contributed by atoms with Gasteiger partial charge in [-0.05, 0) is 91.1 Å². The highest BCUT2D eigenvalue weighted by Crippen LogP contribution is 2.47. The van der Waals surface area contributed by atoms with Crippen molar-refractivity contribution in [2.75, 3.05) is 39.3 Å². The predicted molar refractivity (Wildman–Crippen MR) is 143 cm³/mol. The molecule has 4 nitrogen and oxygen atoms in total. The molecule has 35 heavy (non-hydrogen) atoms. The molecule has 3 aromatic rings. The van der Waals surface area contributed by atoms with E-state index < -0.39 is 0 Å². The topological polar surface area (TPSA) is 44.7 Å². The number of nitrogens with one attached hydrogen (secondary N) is 1. The minimum atomic E-state index is 0.279. The maximum Gasteiger partial charge on any atom is 0.119 e. The Kier molecular flexibility index (Phi) is 8.02. The van der Waals surface area contributed by atoms with Crippen molar-refractivity contribution in [1.82, 2.24) is 10.2 Å². The van der Waals surface area contributed by atoms with E-state index in [1.165, 1.54) is 54.7 Å². The second kappa shape index (κ2) is 11.7. The molecule has 1 aliphatic heterocycles. The summed E-state index contributed by atoms with van der Waals surface area (Å²) in [5.74, 6) is 2.02. The van der Waals surface area contributed by atoms with Gasteiger partial charge in [0.1, 0.15) is 11.5 Å². The fourth-order valence-electron chi connectivity index (χ4n) is 5.79. The summed E-state index contributed by atoms with van der Waals surface area (Å²) < 4.78 is 6.08. The summed E-state index contributed by atoms with van der Waals surface area (Å²) in [4.78, 5) is 2.56. The molecule has 2 atom stereocenters. The summed E-state index contributed by atoms with van der Waals surface area (Å²) in [5.41, 5.74) is 5.30. The number of hydrogen-bond acceptors (Lipinski definition) is 4. The average Bonchev–Trinajstić information content (AvgIpc) is 2.91. The Bertz CT molecular complexity index is 1060. The van der Waals surface area contributed by atoms with E-state index in [9.17, 15) is 5.11 Å². The lowest BCUT2D eigenvalue weighted by Crippen LogP contribution is -2.43. The minimum Gasteiger partial charge on any atom is -0.508 e. The van der Waals surface area contributed by atoms with Crippen molar-refractivity contribution in [3.05, 3.63) is 95.1 Å². The molecule has 0 spiro atoms. The van der Waals surface area contributed by atoms with Crippen LogP contribution in [0.4, 0.5) is 0 Å². The average molecular weight is 471 g/mol. The zero-order chi connectivity index (χ0) is 23.9. The number of aryl methyl sites for hydroxylation is 1. The SMILES string of the molecule is Oc1ccc2c(c1)CC[C@H](c1ccccc1)[C@@H]2c1ccc(OCCCCCN2CCNCC2)cc1. The molecule has 5 rings (SSSR count). The summed E-state index contributed by atoms with van der Waals surface area (Å²) in [7, 11) is 0. The third kappa shape index (κ3) is 6.06. The van der Waals surface area contributed by atoms with E-state index in [2.05, 4.69) is 70.9 Å². The van der Waals surface area contributed by atoms with Crippen molar-refractivity contribution in [1.29, 1.82) is 0 Å². The Labute approximate surface area is 209 Å². The van der Waals surface area contributed by atoms with E-state index in [1.807, 2.05) is 12.1 Å². The number of rotatable bonds is 9. The normalized spacial score (nSPS) is 20.3. The molecule has 0 amide bonds. The first-order chi connectivity index (χ1) is 17.3. The van der Waals surface area contributed by atoms with Crippen molar-refractivity contribution < 1.29 is 9.84 Å². The predicted octanol–water partition coefficient (Wildman–Crippen LogP) is 5.71. The monoisotopic (exact) mass is 470 g/mol. The van der Waals surface area contributed by atoms with Crippen molar-refractivity contribution >= 4 is 0 Å². The van der Waals surface area contributed by atoms with Gasteiger partial charge in [-0.25, -0.2) is 0 Å². The molecule has 2 aliphatic rings. The zero-order valence-corrected chi connectivity index (χ0v) is 20.7. The highest BCUT2D eigenvalue weighted by Gasteiger charge is 2.32. The number of piperazine rings is 1. The van der Waals surface area contributed by atoms with E-state index in [0.717, 1.165) is 44.7 Å². The van der Waals surface area contributed by atoms with Gasteiger partial charge in [0, 0.05) is 32.1 Å². The summed E-state index contributed by atoms with van der Waals surface area (Å²) in [6, 6.07) is 25.5. The van der Waals surface area contributed by atoms with Gasteiger partial charge in [-0.15, -0.1) is 0 Å².